The molecule has 25 heavy (non-hydrogen) atoms. The van der Waals surface area contributed by atoms with E-state index in [1.807, 2.05) is 0 Å². The number of nitrogens with one attached hydrogen (secondary N) is 1. The molecule has 0 aromatic heterocycles. The molecular weight excluding hydrogens is 322 g/mol. The molecule has 2 saturated heterocycles. The molecule has 2 N–H and O–H groups in total. The van der Waals surface area contributed by atoms with Crippen molar-refractivity contribution in [1.82, 2.24) is 15.3 Å². The Bertz CT molecular complexity index is 431. The molecule has 0 radical (unpaired) electrons. The normalized spacial score (nSPS) is 35.0. The number of amides is 1. The van der Waals surface area contributed by atoms with Gasteiger partial charge in [0, 0.05) is 31.6 Å². The Kier molecular flexibility index (Phi) is 7.07. The van der Waals surface area contributed by atoms with Gasteiger partial charge in [0.25, 0.3) is 0 Å². The van der Waals surface area contributed by atoms with E-state index in [1.165, 1.54) is 6.42 Å². The highest BCUT2D eigenvalue weighted by Crippen LogP contribution is 2.34. The molecule has 0 bridgehead atoms. The van der Waals surface area contributed by atoms with E-state index in [2.05, 4.69) is 16.7 Å². The summed E-state index contributed by atoms with van der Waals surface area (Å²) in [4.78, 5) is 16.8. The number of fused-ring (bicyclic) bond motifs is 1. The fraction of sp³-hybridized carbons (Fsp3) is 0.944. The van der Waals surface area contributed by atoms with Crippen LogP contribution in [0.25, 0.3) is 0 Å². The van der Waals surface area contributed by atoms with E-state index in [0.717, 1.165) is 71.8 Å². The lowest BCUT2D eigenvalue weighted by atomic mass is 9.79. The van der Waals surface area contributed by atoms with E-state index < -0.39 is 0 Å². The van der Waals surface area contributed by atoms with Gasteiger partial charge in [0.15, 0.2) is 0 Å². The predicted octanol–water partition coefficient (Wildman–Crippen LogP) is 0.720. The summed E-state index contributed by atoms with van der Waals surface area (Å²) in [6, 6.07) is 0.417. The number of carbonyl (C=O) groups excluding carboxylic acids is 1. The van der Waals surface area contributed by atoms with E-state index in [9.17, 15) is 4.79 Å². The maximum absolute atomic E-state index is 11.7. The van der Waals surface area contributed by atoms with Gasteiger partial charge >= 0.3 is 0 Å². The van der Waals surface area contributed by atoms with Gasteiger partial charge in [-0.05, 0) is 51.6 Å². The second-order valence-electron chi connectivity index (χ2n) is 7.77. The van der Waals surface area contributed by atoms with Crippen LogP contribution in [0.3, 0.4) is 0 Å². The lowest BCUT2D eigenvalue weighted by Crippen LogP contribution is -2.43. The molecule has 4 atom stereocenters. The lowest BCUT2D eigenvalue weighted by Gasteiger charge is -2.35. The van der Waals surface area contributed by atoms with Crippen molar-refractivity contribution in [2.75, 3.05) is 52.5 Å². The summed E-state index contributed by atoms with van der Waals surface area (Å²) in [7, 11) is 0. The van der Waals surface area contributed by atoms with Crippen LogP contribution in [0.4, 0.5) is 0 Å². The van der Waals surface area contributed by atoms with E-state index >= 15 is 0 Å². The van der Waals surface area contributed by atoms with Gasteiger partial charge < -0.3 is 9.47 Å². The summed E-state index contributed by atoms with van der Waals surface area (Å²) in [6.07, 6.45) is 3.88. The molecule has 1 amide bonds. The number of ether oxygens (including phenoxy) is 2. The first-order valence-corrected chi connectivity index (χ1v) is 9.77. The molecule has 3 rings (SSSR count). The number of morpholine rings is 1. The Morgan fingerprint density at radius 3 is 2.80 bits per heavy atom. The second kappa shape index (κ2) is 9.28. The molecule has 1 saturated carbocycles. The van der Waals surface area contributed by atoms with Crippen LogP contribution in [0, 0.1) is 11.8 Å². The second-order valence-corrected chi connectivity index (χ2v) is 7.77. The Hall–Kier alpha value is -0.730. The maximum atomic E-state index is 11.7. The Morgan fingerprint density at radius 2 is 2.04 bits per heavy atom. The topological polar surface area (TPSA) is 74.3 Å². The standard InChI is InChI=1S/C18H33N3O4/c1-14-13-25-17-11-15(18(22)19-23)3-4-16(17)12-21(14)6-2-5-20-7-9-24-10-8-20/h14-17,23H,2-13H2,1H3,(H,19,22)/t14-,15?,16?,17?/m0/s1. The van der Waals surface area contributed by atoms with Crippen LogP contribution in [0.15, 0.2) is 0 Å². The van der Waals surface area contributed by atoms with Crippen molar-refractivity contribution in [3.05, 3.63) is 0 Å². The summed E-state index contributed by atoms with van der Waals surface area (Å²) in [5.41, 5.74) is 1.80. The molecular formula is C18H33N3O4. The van der Waals surface area contributed by atoms with Crippen LogP contribution >= 0.6 is 0 Å². The summed E-state index contributed by atoms with van der Waals surface area (Å²) >= 11 is 0. The van der Waals surface area contributed by atoms with E-state index in [-0.39, 0.29) is 17.9 Å². The smallest absolute Gasteiger partial charge is 0.246 e. The van der Waals surface area contributed by atoms with Crippen molar-refractivity contribution in [3.8, 4) is 0 Å². The minimum absolute atomic E-state index is 0.116. The molecule has 2 aliphatic heterocycles. The monoisotopic (exact) mass is 355 g/mol. The fourth-order valence-electron chi connectivity index (χ4n) is 4.42. The van der Waals surface area contributed by atoms with Gasteiger partial charge in [-0.2, -0.15) is 0 Å². The van der Waals surface area contributed by atoms with Crippen LogP contribution in [-0.4, -0.2) is 85.6 Å². The highest BCUT2D eigenvalue weighted by molar-refractivity contribution is 5.77. The first-order chi connectivity index (χ1) is 12.2. The van der Waals surface area contributed by atoms with Crippen molar-refractivity contribution in [3.63, 3.8) is 0 Å². The number of nitrogens with zero attached hydrogens (tertiary/aromatic N) is 2. The lowest BCUT2D eigenvalue weighted by molar-refractivity contribution is -0.137. The third-order valence-corrected chi connectivity index (χ3v) is 6.08. The molecule has 0 aromatic carbocycles. The van der Waals surface area contributed by atoms with Crippen molar-refractivity contribution in [2.24, 2.45) is 11.8 Å². The molecule has 0 aromatic rings. The predicted molar refractivity (Wildman–Crippen MR) is 93.4 cm³/mol. The summed E-state index contributed by atoms with van der Waals surface area (Å²) in [6.45, 7) is 10.1. The van der Waals surface area contributed by atoms with Crippen LogP contribution in [0.5, 0.6) is 0 Å². The molecule has 1 aliphatic carbocycles. The molecule has 3 fully saturated rings. The number of hydroxylamine groups is 1. The first kappa shape index (κ1) is 19.0. The molecule has 3 aliphatic rings. The molecule has 2 heterocycles. The van der Waals surface area contributed by atoms with Crippen molar-refractivity contribution >= 4 is 5.91 Å². The van der Waals surface area contributed by atoms with Crippen molar-refractivity contribution in [2.45, 2.75) is 44.8 Å². The zero-order chi connectivity index (χ0) is 17.6. The first-order valence-electron chi connectivity index (χ1n) is 9.77. The quantitative estimate of drug-likeness (QED) is 0.559. The van der Waals surface area contributed by atoms with Gasteiger partial charge in [0.2, 0.25) is 5.91 Å². The highest BCUT2D eigenvalue weighted by Gasteiger charge is 2.38. The van der Waals surface area contributed by atoms with Gasteiger partial charge in [0.05, 0.1) is 25.9 Å². The number of hydrogen-bond acceptors (Lipinski definition) is 6. The minimum Gasteiger partial charge on any atom is -0.379 e. The van der Waals surface area contributed by atoms with Crippen LogP contribution in [0.1, 0.15) is 32.6 Å². The molecule has 7 nitrogen and oxygen atoms in total. The maximum Gasteiger partial charge on any atom is 0.246 e. The molecule has 3 unspecified atom stereocenters. The van der Waals surface area contributed by atoms with Gasteiger partial charge in [-0.1, -0.05) is 0 Å². The SMILES string of the molecule is C[C@H]1COC2CC(C(=O)NO)CCC2CN1CCCN1CCOCC1. The Morgan fingerprint density at radius 1 is 1.24 bits per heavy atom. The highest BCUT2D eigenvalue weighted by atomic mass is 16.5. The van der Waals surface area contributed by atoms with Crippen LogP contribution < -0.4 is 5.48 Å². The number of carbonyl (C=O) groups is 1. The Labute approximate surface area is 150 Å². The average Bonchev–Trinajstić information content (AvgIpc) is 2.81. The third-order valence-electron chi connectivity index (χ3n) is 6.08. The van der Waals surface area contributed by atoms with Gasteiger partial charge in [0.1, 0.15) is 0 Å². The average molecular weight is 355 g/mol. The zero-order valence-corrected chi connectivity index (χ0v) is 15.4. The van der Waals surface area contributed by atoms with E-state index in [4.69, 9.17) is 14.7 Å². The zero-order valence-electron chi connectivity index (χ0n) is 15.4. The molecule has 0 spiro atoms. The summed E-state index contributed by atoms with van der Waals surface area (Å²) < 4.78 is 11.5. The van der Waals surface area contributed by atoms with E-state index in [0.29, 0.717) is 12.0 Å². The largest absolute Gasteiger partial charge is 0.379 e. The minimum atomic E-state index is -0.262. The van der Waals surface area contributed by atoms with Crippen molar-refractivity contribution in [1.29, 1.82) is 0 Å². The van der Waals surface area contributed by atoms with Gasteiger partial charge in [-0.15, -0.1) is 0 Å². The number of hydrogen-bond donors (Lipinski definition) is 2. The molecule has 144 valence electrons. The fourth-order valence-corrected chi connectivity index (χ4v) is 4.42. The third kappa shape index (κ3) is 5.14. The summed E-state index contributed by atoms with van der Waals surface area (Å²) in [5, 5.41) is 8.87. The van der Waals surface area contributed by atoms with Gasteiger partial charge in [-0.25, -0.2) is 5.48 Å². The van der Waals surface area contributed by atoms with Crippen molar-refractivity contribution < 1.29 is 19.5 Å². The van der Waals surface area contributed by atoms with E-state index in [1.54, 1.807) is 5.48 Å². The molecule has 7 heteroatoms. The van der Waals surface area contributed by atoms with Crippen LogP contribution in [0.2, 0.25) is 0 Å². The Balaban J connectivity index is 1.47. The number of rotatable bonds is 5. The summed E-state index contributed by atoms with van der Waals surface area (Å²) in [5.74, 6) is 0.118. The van der Waals surface area contributed by atoms with Gasteiger partial charge in [-0.3, -0.25) is 19.8 Å². The van der Waals surface area contributed by atoms with Crippen LogP contribution in [-0.2, 0) is 14.3 Å².